The molecule has 2 amide bonds. The number of amides is 2. The van der Waals surface area contributed by atoms with Crippen molar-refractivity contribution in [3.63, 3.8) is 0 Å². The first-order chi connectivity index (χ1) is 6.08. The van der Waals surface area contributed by atoms with Gasteiger partial charge in [-0.1, -0.05) is 13.8 Å². The van der Waals surface area contributed by atoms with E-state index in [-0.39, 0.29) is 6.03 Å². The zero-order valence-electron chi connectivity index (χ0n) is 8.55. The van der Waals surface area contributed by atoms with E-state index in [0.717, 1.165) is 26.2 Å². The highest BCUT2D eigenvalue weighted by atomic mass is 16.2. The minimum atomic E-state index is 0.261. The van der Waals surface area contributed by atoms with Crippen molar-refractivity contribution in [2.24, 2.45) is 5.41 Å². The largest absolute Gasteiger partial charge is 0.325 e. The number of rotatable bonds is 0. The molecule has 0 aromatic heterocycles. The summed E-state index contributed by atoms with van der Waals surface area (Å²) in [5.41, 5.74) is 0.357. The van der Waals surface area contributed by atoms with Crippen molar-refractivity contribution in [3.8, 4) is 0 Å². The molecule has 0 aliphatic carbocycles. The molecule has 13 heavy (non-hydrogen) atoms. The average molecular weight is 182 g/mol. The lowest BCUT2D eigenvalue weighted by Crippen LogP contribution is -2.58. The Hall–Kier alpha value is -0.730. The topological polar surface area (TPSA) is 23.6 Å². The molecule has 0 aromatic carbocycles. The number of hydrogen-bond acceptors (Lipinski definition) is 1. The Kier molecular flexibility index (Phi) is 1.97. The summed E-state index contributed by atoms with van der Waals surface area (Å²) in [7, 11) is 0. The van der Waals surface area contributed by atoms with Crippen LogP contribution in [0.3, 0.4) is 0 Å². The van der Waals surface area contributed by atoms with E-state index in [1.807, 2.05) is 9.80 Å². The predicted octanol–water partition coefficient (Wildman–Crippen LogP) is 1.54. The molecule has 2 rings (SSSR count). The first-order valence-electron chi connectivity index (χ1n) is 5.12. The van der Waals surface area contributed by atoms with Gasteiger partial charge in [-0.15, -0.1) is 0 Å². The van der Waals surface area contributed by atoms with Crippen LogP contribution in [0.4, 0.5) is 4.79 Å². The fraction of sp³-hybridized carbons (Fsp3) is 0.900. The first-order valence-corrected chi connectivity index (χ1v) is 5.12. The highest BCUT2D eigenvalue weighted by molar-refractivity contribution is 5.75. The summed E-state index contributed by atoms with van der Waals surface area (Å²) in [5.74, 6) is 0. The smallest absolute Gasteiger partial charge is 0.320 e. The van der Waals surface area contributed by atoms with E-state index < -0.39 is 0 Å². The van der Waals surface area contributed by atoms with Crippen molar-refractivity contribution in [2.75, 3.05) is 26.2 Å². The molecule has 0 aromatic rings. The SMILES string of the molecule is CC1(C)CN(C(=O)N2CCCC2)C1. The van der Waals surface area contributed by atoms with E-state index in [9.17, 15) is 4.79 Å². The predicted molar refractivity (Wildman–Crippen MR) is 51.6 cm³/mol. The molecule has 3 nitrogen and oxygen atoms in total. The van der Waals surface area contributed by atoms with Crippen molar-refractivity contribution in [1.29, 1.82) is 0 Å². The molecule has 0 atom stereocenters. The summed E-state index contributed by atoms with van der Waals surface area (Å²) in [4.78, 5) is 15.7. The number of hydrogen-bond donors (Lipinski definition) is 0. The van der Waals surface area contributed by atoms with Gasteiger partial charge in [-0.2, -0.15) is 0 Å². The summed E-state index contributed by atoms with van der Waals surface area (Å²) in [6.45, 7) is 8.22. The monoisotopic (exact) mass is 182 g/mol. The Labute approximate surface area is 79.7 Å². The second-order valence-corrected chi connectivity index (χ2v) is 5.00. The zero-order valence-corrected chi connectivity index (χ0v) is 8.55. The lowest BCUT2D eigenvalue weighted by Gasteiger charge is -2.46. The Bertz CT molecular complexity index is 211. The molecule has 0 saturated carbocycles. The van der Waals surface area contributed by atoms with Gasteiger partial charge in [-0.3, -0.25) is 0 Å². The highest BCUT2D eigenvalue weighted by Gasteiger charge is 2.39. The number of carbonyl (C=O) groups is 1. The van der Waals surface area contributed by atoms with E-state index >= 15 is 0 Å². The number of urea groups is 1. The van der Waals surface area contributed by atoms with E-state index in [2.05, 4.69) is 13.8 Å². The zero-order chi connectivity index (χ0) is 9.47. The van der Waals surface area contributed by atoms with Gasteiger partial charge in [0, 0.05) is 31.6 Å². The number of nitrogens with zero attached hydrogens (tertiary/aromatic N) is 2. The van der Waals surface area contributed by atoms with Gasteiger partial charge in [0.05, 0.1) is 0 Å². The lowest BCUT2D eigenvalue weighted by molar-refractivity contribution is 0.0458. The van der Waals surface area contributed by atoms with Crippen molar-refractivity contribution < 1.29 is 4.79 Å². The van der Waals surface area contributed by atoms with Crippen LogP contribution in [-0.4, -0.2) is 42.0 Å². The van der Waals surface area contributed by atoms with Gasteiger partial charge in [0.2, 0.25) is 0 Å². The molecular weight excluding hydrogens is 164 g/mol. The van der Waals surface area contributed by atoms with Gasteiger partial charge in [-0.25, -0.2) is 4.79 Å². The summed E-state index contributed by atoms with van der Waals surface area (Å²) in [6, 6.07) is 0.261. The molecule has 0 N–H and O–H groups in total. The van der Waals surface area contributed by atoms with E-state index in [1.54, 1.807) is 0 Å². The van der Waals surface area contributed by atoms with Crippen LogP contribution >= 0.6 is 0 Å². The molecule has 0 unspecified atom stereocenters. The summed E-state index contributed by atoms with van der Waals surface area (Å²) >= 11 is 0. The third-order valence-corrected chi connectivity index (χ3v) is 2.88. The van der Waals surface area contributed by atoms with Crippen molar-refractivity contribution in [3.05, 3.63) is 0 Å². The quantitative estimate of drug-likeness (QED) is 0.557. The molecule has 0 bridgehead atoms. The summed E-state index contributed by atoms with van der Waals surface area (Å²) < 4.78 is 0. The van der Waals surface area contributed by atoms with Crippen LogP contribution in [0.2, 0.25) is 0 Å². The van der Waals surface area contributed by atoms with Crippen LogP contribution in [0.25, 0.3) is 0 Å². The third kappa shape index (κ3) is 1.64. The van der Waals surface area contributed by atoms with Gasteiger partial charge in [0.15, 0.2) is 0 Å². The molecule has 0 radical (unpaired) electrons. The van der Waals surface area contributed by atoms with Gasteiger partial charge in [-0.05, 0) is 12.8 Å². The molecule has 2 fully saturated rings. The molecule has 3 heteroatoms. The summed E-state index contributed by atoms with van der Waals surface area (Å²) in [5, 5.41) is 0. The number of likely N-dealkylation sites (tertiary alicyclic amines) is 2. The Morgan fingerprint density at radius 3 is 2.08 bits per heavy atom. The summed E-state index contributed by atoms with van der Waals surface area (Å²) in [6.07, 6.45) is 2.37. The van der Waals surface area contributed by atoms with Crippen LogP contribution in [0.5, 0.6) is 0 Å². The minimum absolute atomic E-state index is 0.261. The van der Waals surface area contributed by atoms with Crippen molar-refractivity contribution in [1.82, 2.24) is 9.80 Å². The average Bonchev–Trinajstić information content (AvgIpc) is 2.50. The van der Waals surface area contributed by atoms with E-state index in [4.69, 9.17) is 0 Å². The molecule has 2 aliphatic rings. The van der Waals surface area contributed by atoms with Gasteiger partial charge in [0.1, 0.15) is 0 Å². The second-order valence-electron chi connectivity index (χ2n) is 5.00. The van der Waals surface area contributed by atoms with Gasteiger partial charge < -0.3 is 9.80 Å². The van der Waals surface area contributed by atoms with Crippen LogP contribution in [-0.2, 0) is 0 Å². The van der Waals surface area contributed by atoms with Crippen LogP contribution in [0.15, 0.2) is 0 Å². The van der Waals surface area contributed by atoms with Crippen LogP contribution < -0.4 is 0 Å². The maximum atomic E-state index is 11.8. The maximum absolute atomic E-state index is 11.8. The molecule has 2 heterocycles. The fourth-order valence-electron chi connectivity index (χ4n) is 2.23. The minimum Gasteiger partial charge on any atom is -0.325 e. The standard InChI is InChI=1S/C10H18N2O/c1-10(2)7-12(8-10)9(13)11-5-3-4-6-11/h3-8H2,1-2H3. The first kappa shape index (κ1) is 8.85. The number of carbonyl (C=O) groups excluding carboxylic acids is 1. The van der Waals surface area contributed by atoms with Crippen molar-refractivity contribution >= 4 is 6.03 Å². The Balaban J connectivity index is 1.85. The molecule has 74 valence electrons. The second kappa shape index (κ2) is 2.89. The molecule has 2 saturated heterocycles. The lowest BCUT2D eigenvalue weighted by atomic mass is 9.85. The maximum Gasteiger partial charge on any atom is 0.320 e. The normalized spacial score (nSPS) is 26.0. The molecular formula is C10H18N2O. The van der Waals surface area contributed by atoms with Gasteiger partial charge in [0.25, 0.3) is 0 Å². The third-order valence-electron chi connectivity index (χ3n) is 2.88. The van der Waals surface area contributed by atoms with Crippen LogP contribution in [0.1, 0.15) is 26.7 Å². The highest BCUT2D eigenvalue weighted by Crippen LogP contribution is 2.29. The molecule has 2 aliphatic heterocycles. The van der Waals surface area contributed by atoms with Gasteiger partial charge >= 0.3 is 6.03 Å². The van der Waals surface area contributed by atoms with Crippen molar-refractivity contribution in [2.45, 2.75) is 26.7 Å². The van der Waals surface area contributed by atoms with E-state index in [0.29, 0.717) is 5.41 Å². The Morgan fingerprint density at radius 2 is 1.62 bits per heavy atom. The fourth-order valence-corrected chi connectivity index (χ4v) is 2.23. The van der Waals surface area contributed by atoms with Crippen LogP contribution in [0, 0.1) is 5.41 Å². The Morgan fingerprint density at radius 1 is 1.08 bits per heavy atom. The van der Waals surface area contributed by atoms with E-state index in [1.165, 1.54) is 12.8 Å². The molecule has 0 spiro atoms.